The number of ether oxygens (including phenoxy) is 2. The Morgan fingerprint density at radius 1 is 1.10 bits per heavy atom. The van der Waals surface area contributed by atoms with Crippen LogP contribution >= 0.6 is 0 Å². The lowest BCUT2D eigenvalue weighted by Crippen LogP contribution is -2.43. The second-order valence-electron chi connectivity index (χ2n) is 11.1. The van der Waals surface area contributed by atoms with E-state index in [2.05, 4.69) is 40.8 Å². The number of benzene rings is 1. The Morgan fingerprint density at radius 2 is 1.85 bits per heavy atom. The van der Waals surface area contributed by atoms with Gasteiger partial charge < -0.3 is 24.6 Å². The SMILES string of the molecule is CC(C)(C)OC(=O)NC1CN(c2ncc(OCC3CCN(c4nn[nH]n4)CC3)cn2)CC1c1cc(F)ccc1F. The summed E-state index contributed by atoms with van der Waals surface area (Å²) in [4.78, 5) is 25.4. The van der Waals surface area contributed by atoms with Gasteiger partial charge in [0, 0.05) is 32.1 Å². The number of H-pyrrole nitrogens is 1. The average Bonchev–Trinajstić information content (AvgIpc) is 3.59. The molecule has 0 saturated carbocycles. The molecule has 2 aliphatic rings. The molecular weight excluding hydrogens is 524 g/mol. The Balaban J connectivity index is 1.21. The van der Waals surface area contributed by atoms with Crippen LogP contribution in [-0.2, 0) is 4.74 Å². The molecule has 0 bridgehead atoms. The first kappa shape index (κ1) is 27.5. The number of rotatable bonds is 7. The fourth-order valence-electron chi connectivity index (χ4n) is 5.04. The van der Waals surface area contributed by atoms with Gasteiger partial charge in [0.15, 0.2) is 5.75 Å². The Labute approximate surface area is 230 Å². The van der Waals surface area contributed by atoms with Crippen molar-refractivity contribution in [2.24, 2.45) is 5.92 Å². The van der Waals surface area contributed by atoms with Crippen molar-refractivity contribution in [3.8, 4) is 5.75 Å². The molecular formula is C26H33F2N9O3. The van der Waals surface area contributed by atoms with Crippen LogP contribution in [0.4, 0.5) is 25.5 Å². The zero-order valence-corrected chi connectivity index (χ0v) is 22.7. The van der Waals surface area contributed by atoms with Crippen LogP contribution in [0.5, 0.6) is 5.75 Å². The van der Waals surface area contributed by atoms with Gasteiger partial charge in [0.1, 0.15) is 17.2 Å². The molecule has 2 saturated heterocycles. The largest absolute Gasteiger partial charge is 0.490 e. The summed E-state index contributed by atoms with van der Waals surface area (Å²) in [7, 11) is 0. The molecule has 1 amide bonds. The molecule has 12 nitrogen and oxygen atoms in total. The Bertz CT molecular complexity index is 1280. The molecule has 0 aliphatic carbocycles. The lowest BCUT2D eigenvalue weighted by molar-refractivity contribution is 0.0504. The molecule has 2 N–H and O–H groups in total. The summed E-state index contributed by atoms with van der Waals surface area (Å²) in [5.41, 5.74) is -0.527. The predicted molar refractivity (Wildman–Crippen MR) is 141 cm³/mol. The van der Waals surface area contributed by atoms with Crippen LogP contribution in [0.3, 0.4) is 0 Å². The van der Waals surface area contributed by atoms with Crippen molar-refractivity contribution in [3.05, 3.63) is 47.8 Å². The predicted octanol–water partition coefficient (Wildman–Crippen LogP) is 3.06. The van der Waals surface area contributed by atoms with Gasteiger partial charge in [-0.15, -0.1) is 5.10 Å². The van der Waals surface area contributed by atoms with Gasteiger partial charge in [-0.25, -0.2) is 23.5 Å². The van der Waals surface area contributed by atoms with Gasteiger partial charge >= 0.3 is 6.09 Å². The van der Waals surface area contributed by atoms with Crippen LogP contribution < -0.4 is 19.9 Å². The number of hydrogen-bond donors (Lipinski definition) is 2. The van der Waals surface area contributed by atoms with Gasteiger partial charge in [0.2, 0.25) is 5.95 Å². The van der Waals surface area contributed by atoms with Crippen molar-refractivity contribution >= 4 is 18.0 Å². The van der Waals surface area contributed by atoms with E-state index in [1.807, 2.05) is 4.90 Å². The number of carbonyl (C=O) groups excluding carboxylic acids is 1. The van der Waals surface area contributed by atoms with Crippen molar-refractivity contribution < 1.29 is 23.0 Å². The first-order valence-electron chi connectivity index (χ1n) is 13.3. The molecule has 1 aromatic carbocycles. The summed E-state index contributed by atoms with van der Waals surface area (Å²) in [5.74, 6) is 0.289. The van der Waals surface area contributed by atoms with Crippen molar-refractivity contribution in [1.82, 2.24) is 35.9 Å². The van der Waals surface area contributed by atoms with Gasteiger partial charge in [-0.1, -0.05) is 5.10 Å². The smallest absolute Gasteiger partial charge is 0.407 e. The second-order valence-corrected chi connectivity index (χ2v) is 11.1. The minimum Gasteiger partial charge on any atom is -0.490 e. The molecule has 40 heavy (non-hydrogen) atoms. The Hall–Kier alpha value is -4.10. The summed E-state index contributed by atoms with van der Waals surface area (Å²) in [6.07, 6.45) is 4.44. The minimum atomic E-state index is -0.702. The number of tetrazole rings is 1. The van der Waals surface area contributed by atoms with Gasteiger partial charge in [-0.3, -0.25) is 0 Å². The highest BCUT2D eigenvalue weighted by Crippen LogP contribution is 2.32. The number of alkyl carbamates (subject to hydrolysis) is 1. The lowest BCUT2D eigenvalue weighted by Gasteiger charge is -2.30. The van der Waals surface area contributed by atoms with Gasteiger partial charge in [-0.05, 0) is 68.5 Å². The third-order valence-corrected chi connectivity index (χ3v) is 6.99. The van der Waals surface area contributed by atoms with Crippen molar-refractivity contribution in [3.63, 3.8) is 0 Å². The maximum Gasteiger partial charge on any atom is 0.407 e. The number of aromatic nitrogens is 6. The fourth-order valence-corrected chi connectivity index (χ4v) is 5.04. The van der Waals surface area contributed by atoms with Gasteiger partial charge in [0.25, 0.3) is 5.95 Å². The quantitative estimate of drug-likeness (QED) is 0.446. The summed E-state index contributed by atoms with van der Waals surface area (Å²) in [5, 5.41) is 17.0. The number of nitrogens with one attached hydrogen (secondary N) is 2. The zero-order valence-electron chi connectivity index (χ0n) is 22.7. The summed E-state index contributed by atoms with van der Waals surface area (Å²) in [6, 6.07) is 2.78. The number of amides is 1. The molecule has 2 aromatic heterocycles. The Kier molecular flexibility index (Phi) is 7.94. The molecule has 214 valence electrons. The number of nitrogens with zero attached hydrogens (tertiary/aromatic N) is 7. The fraction of sp³-hybridized carbons (Fsp3) is 0.538. The third kappa shape index (κ3) is 6.72. The highest BCUT2D eigenvalue weighted by Gasteiger charge is 2.38. The van der Waals surface area contributed by atoms with Crippen LogP contribution in [0.2, 0.25) is 0 Å². The minimum absolute atomic E-state index is 0.175. The maximum atomic E-state index is 14.7. The van der Waals surface area contributed by atoms with E-state index in [0.29, 0.717) is 36.7 Å². The molecule has 4 heterocycles. The number of halogens is 2. The summed E-state index contributed by atoms with van der Waals surface area (Å²) >= 11 is 0. The van der Waals surface area contributed by atoms with E-state index >= 15 is 0 Å². The molecule has 0 spiro atoms. The second kappa shape index (κ2) is 11.6. The molecule has 3 aromatic rings. The number of anilines is 2. The maximum absolute atomic E-state index is 14.7. The lowest BCUT2D eigenvalue weighted by atomic mass is 9.94. The molecule has 14 heteroatoms. The van der Waals surface area contributed by atoms with E-state index in [1.165, 1.54) is 0 Å². The first-order valence-corrected chi connectivity index (χ1v) is 13.3. The van der Waals surface area contributed by atoms with Crippen LogP contribution in [0, 0.1) is 17.6 Å². The Morgan fingerprint density at radius 3 is 2.52 bits per heavy atom. The van der Waals surface area contributed by atoms with Crippen molar-refractivity contribution in [2.75, 3.05) is 42.6 Å². The molecule has 0 radical (unpaired) electrons. The van der Waals surface area contributed by atoms with Crippen LogP contribution in [0.1, 0.15) is 45.1 Å². The molecule has 5 rings (SSSR count). The van der Waals surface area contributed by atoms with E-state index in [4.69, 9.17) is 9.47 Å². The molecule has 2 aliphatic heterocycles. The standard InChI is InChI=1S/C26H33F2N9O3/c1-26(2,3)40-25(38)31-22-14-37(13-20(22)19-10-17(27)4-5-21(19)28)23-29-11-18(12-30-23)39-15-16-6-8-36(9-7-16)24-32-34-35-33-24/h4-5,10-12,16,20,22H,6-9,13-15H2,1-3H3,(H,31,38)(H,32,33,34,35). The normalized spacial score (nSPS) is 20.0. The molecule has 2 atom stereocenters. The van der Waals surface area contributed by atoms with E-state index in [1.54, 1.807) is 33.2 Å². The molecule has 2 fully saturated rings. The zero-order chi connectivity index (χ0) is 28.3. The van der Waals surface area contributed by atoms with Gasteiger partial charge in [0.05, 0.1) is 25.0 Å². The van der Waals surface area contributed by atoms with E-state index in [0.717, 1.165) is 44.1 Å². The van der Waals surface area contributed by atoms with E-state index in [-0.39, 0.29) is 12.1 Å². The number of carbonyl (C=O) groups is 1. The van der Waals surface area contributed by atoms with Crippen molar-refractivity contribution in [2.45, 2.75) is 51.2 Å². The first-order chi connectivity index (χ1) is 19.1. The number of piperidine rings is 1. The van der Waals surface area contributed by atoms with Gasteiger partial charge in [-0.2, -0.15) is 5.21 Å². The van der Waals surface area contributed by atoms with Crippen LogP contribution in [0.15, 0.2) is 30.6 Å². The van der Waals surface area contributed by atoms with E-state index < -0.39 is 35.3 Å². The van der Waals surface area contributed by atoms with Crippen molar-refractivity contribution in [1.29, 1.82) is 0 Å². The average molecular weight is 558 g/mol. The summed E-state index contributed by atoms with van der Waals surface area (Å²) in [6.45, 7) is 8.02. The van der Waals surface area contributed by atoms with Crippen LogP contribution in [-0.4, -0.2) is 81.1 Å². The van der Waals surface area contributed by atoms with E-state index in [9.17, 15) is 13.6 Å². The van der Waals surface area contributed by atoms with Crippen LogP contribution in [0.25, 0.3) is 0 Å². The third-order valence-electron chi connectivity index (χ3n) is 6.99. The topological polar surface area (TPSA) is 134 Å². The highest BCUT2D eigenvalue weighted by atomic mass is 19.1. The monoisotopic (exact) mass is 557 g/mol. The molecule has 2 unspecified atom stereocenters. The number of hydrogen-bond acceptors (Lipinski definition) is 10. The highest BCUT2D eigenvalue weighted by molar-refractivity contribution is 5.68. The summed E-state index contributed by atoms with van der Waals surface area (Å²) < 4.78 is 40.1. The number of aromatic amines is 1.